The number of hydrogen-bond donors (Lipinski definition) is 0. The Balaban J connectivity index is 0.0000000985. The Kier molecular flexibility index (Phi) is 18.6. The molecule has 27 aromatic rings. The van der Waals surface area contributed by atoms with Crippen LogP contribution in [0.25, 0.3) is 227 Å². The standard InChI is InChI=1S/C35H28N4.C35H27N3.C32H29N3.C23H21N3/c1-35(2,3)39-32-20-18-24(22-33(32)38-31-16-10-8-14-28(31)36-34(38)39)23-17-19-30-27(21-23)26-13-7-9-15-29(26)37(30)25-11-5-4-6-12-25;1-35(2,3)38-32-19-17-23(21-33(32)37-31-15-9-8-14-30(31)36-34(37)38)22-16-18-28-26-12-5-4-10-24(26)25-11-6-7-13-27(25)29(28)20-22;1-31(2,3)35-27-18-17-20(19-28(27)34-26-16-9-8-15-25(26)33-30(34)35)21-12-10-13-23-22-11-6-7-14-24(22)32(4,5)29(21)23;1-23(2,3)26-20-12-8-7-11-19(20)25-21-15-17(16-9-5-4-6-10-16)13-14-18(21)24-22(25)26/h4-22H,1-3H3;4-21H,1-3H3;6-19H,1-5H3;4-15H,1-3H3. The predicted molar refractivity (Wildman–Crippen MR) is 579 cm³/mol. The highest BCUT2D eigenvalue weighted by atomic mass is 15.3. The van der Waals surface area contributed by atoms with Gasteiger partial charge in [-0.2, -0.15) is 0 Å². The lowest BCUT2D eigenvalue weighted by Gasteiger charge is -2.25. The molecular formula is C125H105N13. The summed E-state index contributed by atoms with van der Waals surface area (Å²) < 4.78 is 21.1. The van der Waals surface area contributed by atoms with Gasteiger partial charge in [0.2, 0.25) is 23.1 Å². The van der Waals surface area contributed by atoms with E-state index in [2.05, 4.69) is 520 Å². The maximum Gasteiger partial charge on any atom is 0.216 e. The van der Waals surface area contributed by atoms with E-state index in [1.807, 2.05) is 0 Å². The van der Waals surface area contributed by atoms with E-state index < -0.39 is 0 Å². The van der Waals surface area contributed by atoms with Gasteiger partial charge in [0.15, 0.2) is 0 Å². The highest BCUT2D eigenvalue weighted by Crippen LogP contribution is 2.53. The van der Waals surface area contributed by atoms with Crippen LogP contribution in [0.15, 0.2) is 382 Å². The third-order valence-corrected chi connectivity index (χ3v) is 28.6. The number of benzene rings is 18. The normalized spacial score (nSPS) is 13.1. The van der Waals surface area contributed by atoms with Crippen LogP contribution in [0.3, 0.4) is 0 Å². The fourth-order valence-electron chi connectivity index (χ4n) is 22.8. The van der Waals surface area contributed by atoms with E-state index in [0.717, 1.165) is 67.2 Å². The zero-order chi connectivity index (χ0) is 93.9. The Morgan fingerprint density at radius 3 is 1.01 bits per heavy atom. The van der Waals surface area contributed by atoms with Crippen LogP contribution >= 0.6 is 0 Å². The summed E-state index contributed by atoms with van der Waals surface area (Å²) in [6.07, 6.45) is 0. The molecule has 1 aliphatic carbocycles. The van der Waals surface area contributed by atoms with Crippen molar-refractivity contribution in [2.45, 2.75) is 125 Å². The van der Waals surface area contributed by atoms with Gasteiger partial charge in [-0.1, -0.05) is 263 Å². The van der Waals surface area contributed by atoms with Crippen LogP contribution in [-0.2, 0) is 27.6 Å². The molecule has 0 saturated heterocycles. The molecule has 28 rings (SSSR count). The third kappa shape index (κ3) is 13.0. The van der Waals surface area contributed by atoms with E-state index in [4.69, 9.17) is 19.9 Å². The molecule has 13 heteroatoms. The maximum absolute atomic E-state index is 5.06. The lowest BCUT2D eigenvalue weighted by atomic mass is 9.79. The number of para-hydroxylation sites is 10. The summed E-state index contributed by atoms with van der Waals surface area (Å²) in [5.41, 5.74) is 36.9. The van der Waals surface area contributed by atoms with E-state index in [1.165, 1.54) is 171 Å². The quantitative estimate of drug-likeness (QED) is 0.160. The number of hydrogen-bond acceptors (Lipinski definition) is 4. The first kappa shape index (κ1) is 83.4. The molecule has 0 unspecified atom stereocenters. The van der Waals surface area contributed by atoms with Crippen LogP contribution in [0.2, 0.25) is 0 Å². The van der Waals surface area contributed by atoms with Crippen molar-refractivity contribution in [1.29, 1.82) is 0 Å². The van der Waals surface area contributed by atoms with Crippen LogP contribution in [0, 0.1) is 0 Å². The van der Waals surface area contributed by atoms with Crippen LogP contribution in [0.5, 0.6) is 0 Å². The molecule has 0 atom stereocenters. The van der Waals surface area contributed by atoms with Crippen LogP contribution < -0.4 is 0 Å². The van der Waals surface area contributed by atoms with Gasteiger partial charge in [-0.15, -0.1) is 0 Å². The van der Waals surface area contributed by atoms with E-state index in [0.29, 0.717) is 0 Å². The molecule has 9 aromatic heterocycles. The predicted octanol–water partition coefficient (Wildman–Crippen LogP) is 32.3. The van der Waals surface area contributed by atoms with E-state index in [1.54, 1.807) is 0 Å². The minimum atomic E-state index is -0.107. The molecule has 0 N–H and O–H groups in total. The monoisotopic (exact) mass is 1790 g/mol. The zero-order valence-corrected chi connectivity index (χ0v) is 80.2. The van der Waals surface area contributed by atoms with Gasteiger partial charge in [0.05, 0.1) is 99.3 Å². The molecule has 18 aromatic carbocycles. The first-order valence-electron chi connectivity index (χ1n) is 48.2. The van der Waals surface area contributed by atoms with Crippen molar-refractivity contribution >= 4 is 166 Å². The fraction of sp³-hybridized carbons (Fsp3) is 0.152. The smallest absolute Gasteiger partial charge is 0.216 e. The number of fused-ring (bicyclic) bond motifs is 32. The summed E-state index contributed by atoms with van der Waals surface area (Å²) in [5, 5.41) is 10.3. The van der Waals surface area contributed by atoms with Gasteiger partial charge in [-0.05, 0) is 316 Å². The second-order valence-electron chi connectivity index (χ2n) is 41.8. The van der Waals surface area contributed by atoms with Crippen molar-refractivity contribution in [3.8, 4) is 61.3 Å². The number of nitrogens with zero attached hydrogens (tertiary/aromatic N) is 13. The Bertz CT molecular complexity index is 9640. The van der Waals surface area contributed by atoms with Crippen LogP contribution in [-0.4, -0.2) is 60.4 Å². The van der Waals surface area contributed by atoms with Gasteiger partial charge < -0.3 is 22.8 Å². The SMILES string of the molecule is CC(C)(C)n1c2ccc(-c3ccc4c(c3)c3ccccc3n4-c3ccccc3)cc2n2c3ccccc3nc12.CC(C)(C)n1c2ccc(-c3ccc4c5ccccc5c5ccccc5c4c3)cc2n2c3ccccc3nc12.CC(C)(C)n1c2ccccc2n2c3cc(-c4ccccc4)ccc3nc12.CC1(C)c2ccccc2-c2cccc(-c3ccc4c(c3)n3c5ccccc5nc3n4C(C)(C)C)c21. The van der Waals surface area contributed by atoms with Crippen LogP contribution in [0.1, 0.15) is 108 Å². The average molecular weight is 1790 g/mol. The molecule has 0 amide bonds. The number of rotatable bonds is 5. The summed E-state index contributed by atoms with van der Waals surface area (Å²) in [6.45, 7) is 31.7. The molecule has 670 valence electrons. The molecule has 138 heavy (non-hydrogen) atoms. The first-order valence-corrected chi connectivity index (χ1v) is 48.2. The summed E-state index contributed by atoms with van der Waals surface area (Å²) >= 11 is 0. The van der Waals surface area contributed by atoms with Crippen molar-refractivity contribution in [1.82, 2.24) is 60.4 Å². The summed E-state index contributed by atoms with van der Waals surface area (Å²) in [4.78, 5) is 20.1. The Morgan fingerprint density at radius 1 is 0.196 bits per heavy atom. The van der Waals surface area contributed by atoms with Crippen molar-refractivity contribution in [2.75, 3.05) is 0 Å². The molecule has 0 fully saturated rings. The van der Waals surface area contributed by atoms with Crippen molar-refractivity contribution in [2.24, 2.45) is 0 Å². The molecule has 0 aliphatic heterocycles. The van der Waals surface area contributed by atoms with Gasteiger partial charge in [0.1, 0.15) is 0 Å². The zero-order valence-electron chi connectivity index (χ0n) is 80.2. The molecule has 9 heterocycles. The Morgan fingerprint density at radius 2 is 0.507 bits per heavy atom. The second kappa shape index (κ2) is 30.8. The van der Waals surface area contributed by atoms with Gasteiger partial charge in [0.25, 0.3) is 0 Å². The van der Waals surface area contributed by atoms with E-state index >= 15 is 0 Å². The molecule has 0 spiro atoms. The van der Waals surface area contributed by atoms with Gasteiger partial charge in [0, 0.05) is 44.0 Å². The molecule has 1 aliphatic rings. The summed E-state index contributed by atoms with van der Waals surface area (Å²) in [7, 11) is 0. The fourth-order valence-corrected chi connectivity index (χ4v) is 22.8. The molecule has 0 saturated carbocycles. The Hall–Kier alpha value is -16.4. The van der Waals surface area contributed by atoms with E-state index in [-0.39, 0.29) is 27.6 Å². The number of imidazole rings is 8. The third-order valence-electron chi connectivity index (χ3n) is 28.6. The topological polar surface area (TPSA) is 93.8 Å². The Labute approximate surface area is 799 Å². The highest BCUT2D eigenvalue weighted by molar-refractivity contribution is 6.26. The van der Waals surface area contributed by atoms with Gasteiger partial charge in [-0.25, -0.2) is 19.9 Å². The van der Waals surface area contributed by atoms with Crippen molar-refractivity contribution in [3.63, 3.8) is 0 Å². The lowest BCUT2D eigenvalue weighted by molar-refractivity contribution is 0.418. The minimum absolute atomic E-state index is 0.0476. The molecule has 0 bridgehead atoms. The molecule has 0 radical (unpaired) electrons. The maximum atomic E-state index is 5.06. The van der Waals surface area contributed by atoms with Gasteiger partial charge in [-0.3, -0.25) is 17.6 Å². The van der Waals surface area contributed by atoms with E-state index in [9.17, 15) is 0 Å². The largest absolute Gasteiger partial charge is 0.309 e. The number of aromatic nitrogens is 13. The van der Waals surface area contributed by atoms with Gasteiger partial charge >= 0.3 is 0 Å². The van der Waals surface area contributed by atoms with Crippen LogP contribution in [0.4, 0.5) is 0 Å². The lowest BCUT2D eigenvalue weighted by Crippen LogP contribution is -2.21. The highest BCUT2D eigenvalue weighted by Gasteiger charge is 2.38. The minimum Gasteiger partial charge on any atom is -0.309 e. The molecular weight excluding hydrogens is 1680 g/mol. The van der Waals surface area contributed by atoms with Crippen molar-refractivity contribution < 1.29 is 0 Å². The average Bonchev–Trinajstić information content (AvgIpc) is 1.64. The summed E-state index contributed by atoms with van der Waals surface area (Å²) in [6, 6.07) is 138. The van der Waals surface area contributed by atoms with Crippen molar-refractivity contribution in [3.05, 3.63) is 393 Å². The molecule has 13 nitrogen and oxygen atoms in total. The second-order valence-corrected chi connectivity index (χ2v) is 41.8. The summed E-state index contributed by atoms with van der Waals surface area (Å²) in [5.74, 6) is 3.97. The first-order chi connectivity index (χ1) is 66.8.